The van der Waals surface area contributed by atoms with Gasteiger partial charge in [0.1, 0.15) is 0 Å². The molecule has 0 atom stereocenters. The Hall–Kier alpha value is -2.61. The average molecular weight is 346 g/mol. The predicted molar refractivity (Wildman–Crippen MR) is 111 cm³/mol. The second kappa shape index (κ2) is 8.66. The molecule has 1 N–H and O–H groups in total. The van der Waals surface area contributed by atoms with E-state index < -0.39 is 5.97 Å². The van der Waals surface area contributed by atoms with Crippen LogP contribution < -0.4 is 0 Å². The molecule has 0 heterocycles. The molecule has 4 rings (SSSR count). The van der Waals surface area contributed by atoms with Crippen LogP contribution in [0.3, 0.4) is 0 Å². The smallest absolute Gasteiger partial charge is 0.303 e. The highest BCUT2D eigenvalue weighted by Crippen LogP contribution is 2.33. The summed E-state index contributed by atoms with van der Waals surface area (Å²) >= 11 is 0. The number of rotatable bonds is 6. The number of unbranched alkanes of at least 4 members (excludes halogenated alkanes) is 4. The van der Waals surface area contributed by atoms with Crippen LogP contribution in [0.5, 0.6) is 0 Å². The second-order valence-corrected chi connectivity index (χ2v) is 6.85. The molecule has 0 aliphatic heterocycles. The summed E-state index contributed by atoms with van der Waals surface area (Å²) in [6.45, 7) is 2.15. The van der Waals surface area contributed by atoms with Crippen molar-refractivity contribution in [1.82, 2.24) is 0 Å². The molecule has 0 saturated carbocycles. The summed E-state index contributed by atoms with van der Waals surface area (Å²) < 4.78 is 0. The van der Waals surface area contributed by atoms with Gasteiger partial charge in [-0.3, -0.25) is 4.79 Å². The normalized spacial score (nSPS) is 11.0. The van der Waals surface area contributed by atoms with Crippen molar-refractivity contribution in [2.45, 2.75) is 45.4 Å². The zero-order valence-electron chi connectivity index (χ0n) is 15.4. The van der Waals surface area contributed by atoms with Gasteiger partial charge in [0.2, 0.25) is 0 Å². The van der Waals surface area contributed by atoms with Crippen LogP contribution in [-0.2, 0) is 4.79 Å². The number of aliphatic carboxylic acids is 1. The molecule has 4 aromatic rings. The van der Waals surface area contributed by atoms with E-state index in [9.17, 15) is 4.79 Å². The molecule has 134 valence electrons. The first-order valence-electron chi connectivity index (χ1n) is 9.55. The number of hydrogen-bond donors (Lipinski definition) is 1. The number of carboxylic acids is 1. The van der Waals surface area contributed by atoms with Crippen molar-refractivity contribution in [3.8, 4) is 0 Å². The van der Waals surface area contributed by atoms with Crippen molar-refractivity contribution in [2.75, 3.05) is 0 Å². The van der Waals surface area contributed by atoms with Gasteiger partial charge in [-0.05, 0) is 38.7 Å². The van der Waals surface area contributed by atoms with E-state index in [0.717, 1.165) is 12.8 Å². The third kappa shape index (κ3) is 4.13. The SMILES string of the molecule is CCCCCCCC(=O)O.c1cc2ccc3cccc4ccc(c1)c2c34. The van der Waals surface area contributed by atoms with Gasteiger partial charge in [-0.1, -0.05) is 93.3 Å². The zero-order chi connectivity index (χ0) is 18.4. The van der Waals surface area contributed by atoms with E-state index in [-0.39, 0.29) is 0 Å². The first-order chi connectivity index (χ1) is 12.7. The molecule has 0 aliphatic carbocycles. The zero-order valence-corrected chi connectivity index (χ0v) is 15.4. The van der Waals surface area contributed by atoms with E-state index in [1.54, 1.807) is 0 Å². The molecule has 2 heteroatoms. The van der Waals surface area contributed by atoms with Crippen molar-refractivity contribution in [2.24, 2.45) is 0 Å². The second-order valence-electron chi connectivity index (χ2n) is 6.85. The molecule has 0 unspecified atom stereocenters. The summed E-state index contributed by atoms with van der Waals surface area (Å²) in [6, 6.07) is 21.9. The van der Waals surface area contributed by atoms with Gasteiger partial charge in [0.15, 0.2) is 0 Å². The number of carboxylic acid groups (broad SMARTS) is 1. The van der Waals surface area contributed by atoms with Crippen LogP contribution in [0.1, 0.15) is 45.4 Å². The van der Waals surface area contributed by atoms with E-state index in [4.69, 9.17) is 5.11 Å². The highest BCUT2D eigenvalue weighted by atomic mass is 16.4. The summed E-state index contributed by atoms with van der Waals surface area (Å²) in [6.07, 6.45) is 5.88. The Labute approximate surface area is 154 Å². The fourth-order valence-corrected chi connectivity index (χ4v) is 3.55. The summed E-state index contributed by atoms with van der Waals surface area (Å²) in [4.78, 5) is 10.0. The quantitative estimate of drug-likeness (QED) is 0.301. The summed E-state index contributed by atoms with van der Waals surface area (Å²) in [5.41, 5.74) is 0. The molecule has 2 nitrogen and oxygen atoms in total. The number of hydrogen-bond acceptors (Lipinski definition) is 1. The molecule has 0 radical (unpaired) electrons. The van der Waals surface area contributed by atoms with Gasteiger partial charge in [-0.25, -0.2) is 0 Å². The van der Waals surface area contributed by atoms with Crippen molar-refractivity contribution >= 4 is 38.3 Å². The predicted octanol–water partition coefficient (Wildman–Crippen LogP) is 7.02. The Morgan fingerprint density at radius 3 is 1.50 bits per heavy atom. The molecule has 0 amide bonds. The fourth-order valence-electron chi connectivity index (χ4n) is 3.55. The maximum absolute atomic E-state index is 10.0. The van der Waals surface area contributed by atoms with Crippen LogP contribution in [0.25, 0.3) is 32.3 Å². The van der Waals surface area contributed by atoms with E-state index >= 15 is 0 Å². The van der Waals surface area contributed by atoms with E-state index in [0.29, 0.717) is 6.42 Å². The average Bonchev–Trinajstić information content (AvgIpc) is 2.66. The van der Waals surface area contributed by atoms with Crippen molar-refractivity contribution in [1.29, 1.82) is 0 Å². The lowest BCUT2D eigenvalue weighted by Crippen LogP contribution is -1.93. The maximum atomic E-state index is 10.0. The molecule has 0 aromatic heterocycles. The Morgan fingerprint density at radius 2 is 1.12 bits per heavy atom. The lowest BCUT2D eigenvalue weighted by atomic mass is 9.95. The van der Waals surface area contributed by atoms with Crippen LogP contribution in [0.2, 0.25) is 0 Å². The van der Waals surface area contributed by atoms with Crippen LogP contribution in [-0.4, -0.2) is 11.1 Å². The third-order valence-electron chi connectivity index (χ3n) is 4.89. The van der Waals surface area contributed by atoms with Crippen molar-refractivity contribution in [3.05, 3.63) is 60.7 Å². The monoisotopic (exact) mass is 346 g/mol. The number of benzene rings is 4. The van der Waals surface area contributed by atoms with Crippen LogP contribution in [0, 0.1) is 0 Å². The van der Waals surface area contributed by atoms with Crippen LogP contribution in [0.4, 0.5) is 0 Å². The van der Waals surface area contributed by atoms with Gasteiger partial charge in [-0.15, -0.1) is 0 Å². The molecule has 0 aliphatic rings. The van der Waals surface area contributed by atoms with Gasteiger partial charge >= 0.3 is 5.97 Å². The Bertz CT molecular complexity index is 857. The third-order valence-corrected chi connectivity index (χ3v) is 4.89. The van der Waals surface area contributed by atoms with Crippen molar-refractivity contribution < 1.29 is 9.90 Å². The number of carbonyl (C=O) groups is 1. The Balaban J connectivity index is 0.000000172. The summed E-state index contributed by atoms with van der Waals surface area (Å²) in [5.74, 6) is -0.670. The molecule has 4 aromatic carbocycles. The molecule has 0 saturated heterocycles. The first kappa shape index (κ1) is 18.2. The van der Waals surface area contributed by atoms with Crippen LogP contribution >= 0.6 is 0 Å². The molecule has 26 heavy (non-hydrogen) atoms. The van der Waals surface area contributed by atoms with E-state index in [2.05, 4.69) is 67.6 Å². The van der Waals surface area contributed by atoms with Gasteiger partial charge in [0, 0.05) is 6.42 Å². The first-order valence-corrected chi connectivity index (χ1v) is 9.55. The minimum atomic E-state index is -0.670. The van der Waals surface area contributed by atoms with Crippen LogP contribution in [0.15, 0.2) is 60.7 Å². The highest BCUT2D eigenvalue weighted by molar-refractivity contribution is 6.22. The lowest BCUT2D eigenvalue weighted by molar-refractivity contribution is -0.137. The summed E-state index contributed by atoms with van der Waals surface area (Å²) in [5, 5.41) is 16.4. The molecule has 0 bridgehead atoms. The van der Waals surface area contributed by atoms with Gasteiger partial charge < -0.3 is 5.11 Å². The molecular formula is C24H26O2. The summed E-state index contributed by atoms with van der Waals surface area (Å²) in [7, 11) is 0. The highest BCUT2D eigenvalue weighted by Gasteiger charge is 2.05. The maximum Gasteiger partial charge on any atom is 0.303 e. The van der Waals surface area contributed by atoms with Gasteiger partial charge in [-0.2, -0.15) is 0 Å². The lowest BCUT2D eigenvalue weighted by Gasteiger charge is -2.09. The molecule has 0 fully saturated rings. The molecular weight excluding hydrogens is 320 g/mol. The fraction of sp³-hybridized carbons (Fsp3) is 0.292. The molecule has 0 spiro atoms. The van der Waals surface area contributed by atoms with Crippen molar-refractivity contribution in [3.63, 3.8) is 0 Å². The minimum absolute atomic E-state index is 0.337. The largest absolute Gasteiger partial charge is 0.481 e. The topological polar surface area (TPSA) is 37.3 Å². The Kier molecular flexibility index (Phi) is 6.06. The van der Waals surface area contributed by atoms with E-state index in [1.165, 1.54) is 51.6 Å². The minimum Gasteiger partial charge on any atom is -0.481 e. The Morgan fingerprint density at radius 1 is 0.692 bits per heavy atom. The van der Waals surface area contributed by atoms with Gasteiger partial charge in [0.05, 0.1) is 0 Å². The van der Waals surface area contributed by atoms with E-state index in [1.807, 2.05) is 0 Å². The van der Waals surface area contributed by atoms with Gasteiger partial charge in [0.25, 0.3) is 0 Å². The standard InChI is InChI=1S/C16H10.C8H16O2/c1-3-11-7-9-13-5-2-6-14-10-8-12(4-1)15(11)16(13)14;1-2-3-4-5-6-7-8(9)10/h1-10H;2-7H2,1H3,(H,9,10).